The fraction of sp³-hybridized carbons (Fsp3) is 0.444. The third kappa shape index (κ3) is 4.11. The van der Waals surface area contributed by atoms with Gasteiger partial charge in [-0.1, -0.05) is 12.1 Å². The Hall–Kier alpha value is -2.54. The van der Waals surface area contributed by atoms with E-state index in [4.69, 9.17) is 4.52 Å². The number of rotatable bonds is 5. The molecule has 2 N–H and O–H groups in total. The zero-order valence-corrected chi connectivity index (χ0v) is 14.6. The van der Waals surface area contributed by atoms with Crippen molar-refractivity contribution in [3.05, 3.63) is 36.1 Å². The maximum absolute atomic E-state index is 12.6. The Kier molecular flexibility index (Phi) is 5.23. The lowest BCUT2D eigenvalue weighted by molar-refractivity contribution is -0.121. The Labute approximate surface area is 147 Å². The zero-order valence-electron chi connectivity index (χ0n) is 14.6. The van der Waals surface area contributed by atoms with Gasteiger partial charge in [0.1, 0.15) is 11.5 Å². The van der Waals surface area contributed by atoms with Crippen LogP contribution >= 0.6 is 0 Å². The predicted octanol–water partition coefficient (Wildman–Crippen LogP) is 2.23. The number of aromatic nitrogens is 1. The number of nitrogens with one attached hydrogen (secondary N) is 1. The minimum Gasteiger partial charge on any atom is -0.508 e. The smallest absolute Gasteiger partial charge is 0.242 e. The van der Waals surface area contributed by atoms with E-state index in [9.17, 15) is 9.90 Å². The summed E-state index contributed by atoms with van der Waals surface area (Å²) in [6, 6.07) is 8.77. The number of aromatic hydroxyl groups is 1. The van der Waals surface area contributed by atoms with Gasteiger partial charge in [-0.3, -0.25) is 9.69 Å². The number of carbonyl (C=O) groups excluding carboxylic acids is 1. The van der Waals surface area contributed by atoms with Gasteiger partial charge in [-0.05, 0) is 37.6 Å². The molecular formula is C18H24N4O3. The quantitative estimate of drug-likeness (QED) is 0.866. The van der Waals surface area contributed by atoms with Crippen LogP contribution < -0.4 is 10.2 Å². The fourth-order valence-electron chi connectivity index (χ4n) is 3.20. The highest BCUT2D eigenvalue weighted by Gasteiger charge is 2.28. The molecule has 25 heavy (non-hydrogen) atoms. The summed E-state index contributed by atoms with van der Waals surface area (Å²) in [5.74, 6) is 1.36. The van der Waals surface area contributed by atoms with Crippen molar-refractivity contribution >= 4 is 17.4 Å². The molecule has 3 rings (SSSR count). The second-order valence-electron chi connectivity index (χ2n) is 6.28. The molecule has 134 valence electrons. The van der Waals surface area contributed by atoms with E-state index in [-0.39, 0.29) is 17.7 Å². The van der Waals surface area contributed by atoms with E-state index < -0.39 is 0 Å². The summed E-state index contributed by atoms with van der Waals surface area (Å²) in [4.78, 5) is 17.0. The summed E-state index contributed by atoms with van der Waals surface area (Å²) >= 11 is 0. The lowest BCUT2D eigenvalue weighted by Gasteiger charge is -2.39. The Morgan fingerprint density at radius 1 is 1.28 bits per heavy atom. The first-order chi connectivity index (χ1) is 12.1. The second-order valence-corrected chi connectivity index (χ2v) is 6.28. The second kappa shape index (κ2) is 7.57. The van der Waals surface area contributed by atoms with Gasteiger partial charge in [-0.15, -0.1) is 0 Å². The molecule has 7 nitrogen and oxygen atoms in total. The van der Waals surface area contributed by atoms with Crippen molar-refractivity contribution in [3.8, 4) is 5.75 Å². The number of benzene rings is 1. The van der Waals surface area contributed by atoms with E-state index in [1.807, 2.05) is 19.1 Å². The average Bonchev–Trinajstić information content (AvgIpc) is 3.02. The van der Waals surface area contributed by atoms with Crippen LogP contribution in [0, 0.1) is 6.92 Å². The highest BCUT2D eigenvalue weighted by molar-refractivity contribution is 5.94. The van der Waals surface area contributed by atoms with Gasteiger partial charge in [-0.2, -0.15) is 0 Å². The number of aryl methyl sites for hydroxylation is 1. The van der Waals surface area contributed by atoms with Gasteiger partial charge in [0.25, 0.3) is 0 Å². The lowest BCUT2D eigenvalue weighted by atomic mass is 10.1. The van der Waals surface area contributed by atoms with Crippen LogP contribution in [0.4, 0.5) is 11.5 Å². The van der Waals surface area contributed by atoms with Crippen molar-refractivity contribution in [2.24, 2.45) is 0 Å². The zero-order chi connectivity index (χ0) is 17.8. The molecule has 1 aromatic carbocycles. The highest BCUT2D eigenvalue weighted by atomic mass is 16.5. The van der Waals surface area contributed by atoms with Gasteiger partial charge in [0.15, 0.2) is 5.82 Å². The number of nitrogens with zero attached hydrogens (tertiary/aromatic N) is 3. The molecule has 0 bridgehead atoms. The van der Waals surface area contributed by atoms with Gasteiger partial charge in [0.2, 0.25) is 5.91 Å². The summed E-state index contributed by atoms with van der Waals surface area (Å²) in [7, 11) is 0. The number of piperazine rings is 1. The van der Waals surface area contributed by atoms with Crippen LogP contribution in [-0.4, -0.2) is 53.3 Å². The topological polar surface area (TPSA) is 81.8 Å². The highest BCUT2D eigenvalue weighted by Crippen LogP contribution is 2.21. The molecule has 1 amide bonds. The lowest BCUT2D eigenvalue weighted by Crippen LogP contribution is -2.53. The van der Waals surface area contributed by atoms with Crippen LogP contribution in [0.15, 0.2) is 34.9 Å². The molecule has 2 aromatic rings. The summed E-state index contributed by atoms with van der Waals surface area (Å²) < 4.78 is 4.99. The molecular weight excluding hydrogens is 320 g/mol. The van der Waals surface area contributed by atoms with Gasteiger partial charge < -0.3 is 19.8 Å². The SMILES string of the molecule is CC[C@H](C(=O)Nc1cc(C)on1)N1CCN(c2ccc(O)cc2)CC1. The summed E-state index contributed by atoms with van der Waals surface area (Å²) in [5, 5.41) is 16.1. The minimum atomic E-state index is -0.182. The minimum absolute atomic E-state index is 0.0473. The van der Waals surface area contributed by atoms with Crippen LogP contribution in [0.5, 0.6) is 5.75 Å². The van der Waals surface area contributed by atoms with E-state index in [0.717, 1.165) is 38.3 Å². The molecule has 0 aliphatic carbocycles. The largest absolute Gasteiger partial charge is 0.508 e. The van der Waals surface area contributed by atoms with Gasteiger partial charge in [-0.25, -0.2) is 0 Å². The van der Waals surface area contributed by atoms with Crippen LogP contribution in [0.2, 0.25) is 0 Å². The molecule has 0 spiro atoms. The van der Waals surface area contributed by atoms with Crippen LogP contribution in [0.25, 0.3) is 0 Å². The van der Waals surface area contributed by atoms with Crippen molar-refractivity contribution in [1.29, 1.82) is 0 Å². The maximum Gasteiger partial charge on any atom is 0.242 e. The molecule has 0 radical (unpaired) electrons. The van der Waals surface area contributed by atoms with Crippen LogP contribution in [0.3, 0.4) is 0 Å². The van der Waals surface area contributed by atoms with E-state index in [2.05, 4.69) is 20.3 Å². The van der Waals surface area contributed by atoms with E-state index in [0.29, 0.717) is 11.6 Å². The molecule has 0 saturated carbocycles. The Bertz CT molecular complexity index is 705. The molecule has 1 atom stereocenters. The fourth-order valence-corrected chi connectivity index (χ4v) is 3.20. The standard InChI is InChI=1S/C18H24N4O3/c1-3-16(18(24)19-17-12-13(2)25-20-17)22-10-8-21(9-11-22)14-4-6-15(23)7-5-14/h4-7,12,16,23H,3,8-11H2,1-2H3,(H,19,20,24)/t16-/m1/s1. The van der Waals surface area contributed by atoms with Gasteiger partial charge in [0.05, 0.1) is 6.04 Å². The first-order valence-corrected chi connectivity index (χ1v) is 8.59. The van der Waals surface area contributed by atoms with E-state index >= 15 is 0 Å². The molecule has 1 aliphatic heterocycles. The molecule has 7 heteroatoms. The normalized spacial score (nSPS) is 16.6. The summed E-state index contributed by atoms with van der Waals surface area (Å²) in [5.41, 5.74) is 1.09. The average molecular weight is 344 g/mol. The molecule has 1 aromatic heterocycles. The van der Waals surface area contributed by atoms with E-state index in [1.165, 1.54) is 0 Å². The third-order valence-corrected chi connectivity index (χ3v) is 4.54. The molecule has 1 saturated heterocycles. The van der Waals surface area contributed by atoms with Crippen LogP contribution in [0.1, 0.15) is 19.1 Å². The molecule has 0 unspecified atom stereocenters. The third-order valence-electron chi connectivity index (χ3n) is 4.54. The molecule has 2 heterocycles. The molecule has 1 fully saturated rings. The maximum atomic E-state index is 12.6. The van der Waals surface area contributed by atoms with E-state index in [1.54, 1.807) is 25.1 Å². The van der Waals surface area contributed by atoms with Crippen LogP contribution in [-0.2, 0) is 4.79 Å². The number of phenolic OH excluding ortho intramolecular Hbond substituents is 1. The van der Waals surface area contributed by atoms with Crippen molar-refractivity contribution < 1.29 is 14.4 Å². The Balaban J connectivity index is 1.58. The van der Waals surface area contributed by atoms with Crippen molar-refractivity contribution in [2.45, 2.75) is 26.3 Å². The van der Waals surface area contributed by atoms with Crippen molar-refractivity contribution in [2.75, 3.05) is 36.4 Å². The number of hydrogen-bond acceptors (Lipinski definition) is 6. The first-order valence-electron chi connectivity index (χ1n) is 8.59. The number of hydrogen-bond donors (Lipinski definition) is 2. The predicted molar refractivity (Wildman–Crippen MR) is 95.8 cm³/mol. The monoisotopic (exact) mass is 344 g/mol. The Morgan fingerprint density at radius 2 is 1.96 bits per heavy atom. The Morgan fingerprint density at radius 3 is 2.52 bits per heavy atom. The number of phenols is 1. The number of anilines is 2. The van der Waals surface area contributed by atoms with Gasteiger partial charge >= 0.3 is 0 Å². The van der Waals surface area contributed by atoms with Crippen molar-refractivity contribution in [1.82, 2.24) is 10.1 Å². The molecule has 1 aliphatic rings. The first kappa shape index (κ1) is 17.3. The summed E-state index contributed by atoms with van der Waals surface area (Å²) in [6.07, 6.45) is 0.738. The van der Waals surface area contributed by atoms with Crippen molar-refractivity contribution in [3.63, 3.8) is 0 Å². The summed E-state index contributed by atoms with van der Waals surface area (Å²) in [6.45, 7) is 7.12. The van der Waals surface area contributed by atoms with Gasteiger partial charge in [0, 0.05) is 37.9 Å². The number of amides is 1. The number of carbonyl (C=O) groups is 1.